The molecule has 18 heavy (non-hydrogen) atoms. The van der Waals surface area contributed by atoms with Gasteiger partial charge in [-0.15, -0.1) is 0 Å². The molecule has 0 saturated carbocycles. The molecule has 0 spiro atoms. The van der Waals surface area contributed by atoms with Gasteiger partial charge >= 0.3 is 0 Å². The van der Waals surface area contributed by atoms with E-state index < -0.39 is 5.82 Å². The lowest BCUT2D eigenvalue weighted by molar-refractivity contribution is -0.116. The van der Waals surface area contributed by atoms with Crippen molar-refractivity contribution in [3.63, 3.8) is 0 Å². The third-order valence-corrected chi connectivity index (χ3v) is 2.51. The Morgan fingerprint density at radius 3 is 2.78 bits per heavy atom. The second-order valence-electron chi connectivity index (χ2n) is 3.89. The first-order valence-corrected chi connectivity index (χ1v) is 5.69. The Balaban J connectivity index is 1.88. The standard InChI is InChI=1S/C14H13FN2O/c15-12-5-1-2-6-13(12)17-14(18)8-7-11-4-3-9-16-10-11/h1-6,9-10H,7-8H2,(H,17,18). The molecule has 0 fully saturated rings. The van der Waals surface area contributed by atoms with E-state index in [0.29, 0.717) is 12.8 Å². The molecule has 2 aromatic rings. The fourth-order valence-corrected chi connectivity index (χ4v) is 1.58. The average Bonchev–Trinajstić information content (AvgIpc) is 2.40. The Morgan fingerprint density at radius 2 is 2.06 bits per heavy atom. The van der Waals surface area contributed by atoms with Crippen molar-refractivity contribution in [2.24, 2.45) is 0 Å². The smallest absolute Gasteiger partial charge is 0.224 e. The second kappa shape index (κ2) is 5.91. The number of nitrogens with zero attached hydrogens (tertiary/aromatic N) is 1. The van der Waals surface area contributed by atoms with Crippen molar-refractivity contribution in [1.29, 1.82) is 0 Å². The highest BCUT2D eigenvalue weighted by Crippen LogP contribution is 2.13. The summed E-state index contributed by atoms with van der Waals surface area (Å²) in [6, 6.07) is 9.85. The zero-order valence-electron chi connectivity index (χ0n) is 9.77. The summed E-state index contributed by atoms with van der Waals surface area (Å²) >= 11 is 0. The number of carbonyl (C=O) groups is 1. The van der Waals surface area contributed by atoms with E-state index in [0.717, 1.165) is 5.56 Å². The van der Waals surface area contributed by atoms with Crippen molar-refractivity contribution in [2.45, 2.75) is 12.8 Å². The van der Waals surface area contributed by atoms with Crippen LogP contribution in [0.1, 0.15) is 12.0 Å². The molecule has 1 N–H and O–H groups in total. The number of amides is 1. The third-order valence-electron chi connectivity index (χ3n) is 2.51. The highest BCUT2D eigenvalue weighted by Gasteiger charge is 2.06. The molecule has 0 unspecified atom stereocenters. The van der Waals surface area contributed by atoms with Gasteiger partial charge in [0.1, 0.15) is 5.82 Å². The van der Waals surface area contributed by atoms with Crippen LogP contribution in [0.15, 0.2) is 48.8 Å². The number of aryl methyl sites for hydroxylation is 1. The SMILES string of the molecule is O=C(CCc1cccnc1)Nc1ccccc1F. The number of anilines is 1. The summed E-state index contributed by atoms with van der Waals surface area (Å²) in [6.07, 6.45) is 4.30. The monoisotopic (exact) mass is 244 g/mol. The van der Waals surface area contributed by atoms with E-state index in [9.17, 15) is 9.18 Å². The Morgan fingerprint density at radius 1 is 1.22 bits per heavy atom. The minimum absolute atomic E-state index is 0.205. The molecule has 0 aliphatic heterocycles. The van der Waals surface area contributed by atoms with Gasteiger partial charge in [-0.3, -0.25) is 9.78 Å². The summed E-state index contributed by atoms with van der Waals surface area (Å²) in [5, 5.41) is 2.55. The molecule has 0 atom stereocenters. The fraction of sp³-hybridized carbons (Fsp3) is 0.143. The van der Waals surface area contributed by atoms with E-state index >= 15 is 0 Å². The normalized spacial score (nSPS) is 10.1. The first-order valence-electron chi connectivity index (χ1n) is 5.69. The minimum Gasteiger partial charge on any atom is -0.324 e. The van der Waals surface area contributed by atoms with Gasteiger partial charge in [0.15, 0.2) is 0 Å². The number of rotatable bonds is 4. The molecule has 4 heteroatoms. The number of pyridine rings is 1. The summed E-state index contributed by atoms with van der Waals surface area (Å²) in [5.41, 5.74) is 1.20. The van der Waals surface area contributed by atoms with E-state index in [-0.39, 0.29) is 11.6 Å². The number of nitrogens with one attached hydrogen (secondary N) is 1. The number of hydrogen-bond acceptors (Lipinski definition) is 2. The van der Waals surface area contributed by atoms with E-state index in [1.54, 1.807) is 24.5 Å². The summed E-state index contributed by atoms with van der Waals surface area (Å²) < 4.78 is 13.3. The maximum absolute atomic E-state index is 13.3. The Hall–Kier alpha value is -2.23. The lowest BCUT2D eigenvalue weighted by Gasteiger charge is -2.05. The first-order chi connectivity index (χ1) is 8.75. The van der Waals surface area contributed by atoms with Gasteiger partial charge in [0.2, 0.25) is 5.91 Å². The fourth-order valence-electron chi connectivity index (χ4n) is 1.58. The molecule has 1 aromatic carbocycles. The van der Waals surface area contributed by atoms with Crippen LogP contribution >= 0.6 is 0 Å². The van der Waals surface area contributed by atoms with E-state index in [1.807, 2.05) is 12.1 Å². The minimum atomic E-state index is -0.424. The van der Waals surface area contributed by atoms with Crippen LogP contribution < -0.4 is 5.32 Å². The van der Waals surface area contributed by atoms with Crippen LogP contribution in [-0.4, -0.2) is 10.9 Å². The topological polar surface area (TPSA) is 42.0 Å². The molecular weight excluding hydrogens is 231 g/mol. The van der Waals surface area contributed by atoms with Crippen LogP contribution in [0.2, 0.25) is 0 Å². The zero-order chi connectivity index (χ0) is 12.8. The van der Waals surface area contributed by atoms with Gasteiger partial charge in [0.25, 0.3) is 0 Å². The van der Waals surface area contributed by atoms with E-state index in [4.69, 9.17) is 0 Å². The average molecular weight is 244 g/mol. The Bertz CT molecular complexity index is 528. The van der Waals surface area contributed by atoms with Crippen LogP contribution in [0.25, 0.3) is 0 Å². The predicted molar refractivity (Wildman–Crippen MR) is 67.6 cm³/mol. The molecule has 1 amide bonds. The van der Waals surface area contributed by atoms with Crippen LogP contribution in [0, 0.1) is 5.82 Å². The van der Waals surface area contributed by atoms with Gasteiger partial charge in [0.05, 0.1) is 5.69 Å². The van der Waals surface area contributed by atoms with Crippen molar-refractivity contribution in [3.8, 4) is 0 Å². The first kappa shape index (κ1) is 12.2. The number of carbonyl (C=O) groups excluding carboxylic acids is 1. The molecule has 0 radical (unpaired) electrons. The molecule has 92 valence electrons. The number of aromatic nitrogens is 1. The van der Waals surface area contributed by atoms with Crippen molar-refractivity contribution < 1.29 is 9.18 Å². The highest BCUT2D eigenvalue weighted by molar-refractivity contribution is 5.90. The summed E-state index contributed by atoms with van der Waals surface area (Å²) in [4.78, 5) is 15.6. The predicted octanol–water partition coefficient (Wildman–Crippen LogP) is 2.79. The number of benzene rings is 1. The summed E-state index contributed by atoms with van der Waals surface area (Å²) in [5.74, 6) is -0.629. The van der Waals surface area contributed by atoms with Crippen LogP contribution in [0.3, 0.4) is 0 Å². The molecule has 0 aliphatic carbocycles. The van der Waals surface area contributed by atoms with Gasteiger partial charge in [-0.25, -0.2) is 4.39 Å². The second-order valence-corrected chi connectivity index (χ2v) is 3.89. The molecule has 1 heterocycles. The van der Waals surface area contributed by atoms with Gasteiger partial charge < -0.3 is 5.32 Å². The Labute approximate surface area is 105 Å². The van der Waals surface area contributed by atoms with Gasteiger partial charge in [-0.1, -0.05) is 18.2 Å². The lowest BCUT2D eigenvalue weighted by atomic mass is 10.1. The van der Waals surface area contributed by atoms with E-state index in [1.165, 1.54) is 12.1 Å². The summed E-state index contributed by atoms with van der Waals surface area (Å²) in [6.45, 7) is 0. The maximum atomic E-state index is 13.3. The van der Waals surface area contributed by atoms with Crippen molar-refractivity contribution in [3.05, 3.63) is 60.2 Å². The number of hydrogen-bond donors (Lipinski definition) is 1. The van der Waals surface area contributed by atoms with Crippen molar-refractivity contribution in [2.75, 3.05) is 5.32 Å². The van der Waals surface area contributed by atoms with E-state index in [2.05, 4.69) is 10.3 Å². The third kappa shape index (κ3) is 3.38. The largest absolute Gasteiger partial charge is 0.324 e. The molecule has 0 aliphatic rings. The van der Waals surface area contributed by atoms with Crippen molar-refractivity contribution >= 4 is 11.6 Å². The quantitative estimate of drug-likeness (QED) is 0.898. The number of halogens is 1. The number of para-hydroxylation sites is 1. The van der Waals surface area contributed by atoms with Crippen LogP contribution in [0.5, 0.6) is 0 Å². The van der Waals surface area contributed by atoms with Crippen molar-refractivity contribution in [1.82, 2.24) is 4.98 Å². The molecule has 1 aromatic heterocycles. The molecular formula is C14H13FN2O. The van der Waals surface area contributed by atoms with Crippen LogP contribution in [0.4, 0.5) is 10.1 Å². The summed E-state index contributed by atoms with van der Waals surface area (Å²) in [7, 11) is 0. The molecule has 3 nitrogen and oxygen atoms in total. The van der Waals surface area contributed by atoms with Crippen LogP contribution in [-0.2, 0) is 11.2 Å². The van der Waals surface area contributed by atoms with Gasteiger partial charge in [-0.05, 0) is 30.2 Å². The van der Waals surface area contributed by atoms with Gasteiger partial charge in [0, 0.05) is 18.8 Å². The van der Waals surface area contributed by atoms with Gasteiger partial charge in [-0.2, -0.15) is 0 Å². The molecule has 0 bridgehead atoms. The molecule has 0 saturated heterocycles. The highest BCUT2D eigenvalue weighted by atomic mass is 19.1. The zero-order valence-corrected chi connectivity index (χ0v) is 9.77. The molecule has 2 rings (SSSR count). The lowest BCUT2D eigenvalue weighted by Crippen LogP contribution is -2.13. The maximum Gasteiger partial charge on any atom is 0.224 e. The Kier molecular flexibility index (Phi) is 4.02.